The Bertz CT molecular complexity index is 960. The van der Waals surface area contributed by atoms with Crippen molar-refractivity contribution in [1.29, 1.82) is 0 Å². The summed E-state index contributed by atoms with van der Waals surface area (Å²) in [7, 11) is 0. The summed E-state index contributed by atoms with van der Waals surface area (Å²) in [6.45, 7) is 0. The molecule has 0 saturated carbocycles. The van der Waals surface area contributed by atoms with E-state index in [1.54, 1.807) is 40.9 Å². The molecule has 0 radical (unpaired) electrons. The van der Waals surface area contributed by atoms with E-state index in [2.05, 4.69) is 4.98 Å². The minimum absolute atomic E-state index is 0.214. The predicted octanol–water partition coefficient (Wildman–Crippen LogP) is 3.69. The highest BCUT2D eigenvalue weighted by molar-refractivity contribution is 6.55. The van der Waals surface area contributed by atoms with Crippen molar-refractivity contribution in [3.8, 4) is 11.3 Å². The van der Waals surface area contributed by atoms with Crippen LogP contribution in [0.25, 0.3) is 16.9 Å². The van der Waals surface area contributed by atoms with E-state index < -0.39 is 11.6 Å². The molecule has 0 amide bonds. The topological polar surface area (TPSA) is 51.4 Å². The van der Waals surface area contributed by atoms with Crippen molar-refractivity contribution >= 4 is 40.4 Å². The molecule has 0 unspecified atom stereocenters. The van der Waals surface area contributed by atoms with Crippen molar-refractivity contribution in [3.63, 3.8) is 0 Å². The normalized spacial score (nSPS) is 13.4. The van der Waals surface area contributed by atoms with Crippen molar-refractivity contribution in [2.24, 2.45) is 0 Å². The zero-order valence-electron chi connectivity index (χ0n) is 10.4. The molecule has 0 spiro atoms. The number of rotatable bonds is 0. The molecule has 4 nitrogen and oxygen atoms in total. The third-order valence-corrected chi connectivity index (χ3v) is 4.04. The summed E-state index contributed by atoms with van der Waals surface area (Å²) in [6, 6.07) is 8.43. The van der Waals surface area contributed by atoms with Crippen LogP contribution >= 0.6 is 23.2 Å². The number of pyridine rings is 1. The van der Waals surface area contributed by atoms with Gasteiger partial charge in [0.2, 0.25) is 5.78 Å². The average Bonchev–Trinajstić information content (AvgIpc) is 2.83. The van der Waals surface area contributed by atoms with Gasteiger partial charge >= 0.3 is 0 Å². The fourth-order valence-electron chi connectivity index (χ4n) is 2.60. The summed E-state index contributed by atoms with van der Waals surface area (Å²) >= 11 is 12.0. The van der Waals surface area contributed by atoms with E-state index in [1.165, 1.54) is 0 Å². The Morgan fingerprint density at radius 1 is 1.00 bits per heavy atom. The van der Waals surface area contributed by atoms with E-state index >= 15 is 0 Å². The fourth-order valence-corrected chi connectivity index (χ4v) is 3.02. The van der Waals surface area contributed by atoms with Gasteiger partial charge in [0.25, 0.3) is 5.78 Å². The second-order valence-corrected chi connectivity index (χ2v) is 5.55. The molecule has 4 rings (SSSR count). The number of hydrogen-bond acceptors (Lipinski definition) is 3. The Kier molecular flexibility index (Phi) is 2.49. The third kappa shape index (κ3) is 1.60. The molecule has 0 N–H and O–H groups in total. The number of fused-ring (bicyclic) bond motifs is 5. The maximum absolute atomic E-state index is 12.4. The minimum atomic E-state index is -0.625. The van der Waals surface area contributed by atoms with Crippen molar-refractivity contribution < 1.29 is 9.59 Å². The Labute approximate surface area is 128 Å². The molecule has 1 aromatic carbocycles. The molecule has 2 aromatic heterocycles. The Morgan fingerprint density at radius 3 is 2.62 bits per heavy atom. The van der Waals surface area contributed by atoms with Gasteiger partial charge in [-0.05, 0) is 18.2 Å². The van der Waals surface area contributed by atoms with Crippen LogP contribution in [0.1, 0.15) is 20.8 Å². The smallest absolute Gasteiger partial charge is 0.252 e. The van der Waals surface area contributed by atoms with Crippen LogP contribution in [-0.2, 0) is 0 Å². The number of aromatic nitrogens is 2. The van der Waals surface area contributed by atoms with E-state index in [9.17, 15) is 9.59 Å². The lowest BCUT2D eigenvalue weighted by Gasteiger charge is -2.14. The summed E-state index contributed by atoms with van der Waals surface area (Å²) in [6.07, 6.45) is 1.57. The highest BCUT2D eigenvalue weighted by atomic mass is 35.5. The quantitative estimate of drug-likeness (QED) is 0.594. The van der Waals surface area contributed by atoms with E-state index in [-0.39, 0.29) is 16.3 Å². The van der Waals surface area contributed by atoms with Crippen molar-refractivity contribution in [2.45, 2.75) is 0 Å². The molecule has 0 bridgehead atoms. The first-order chi connectivity index (χ1) is 10.1. The number of ketones is 2. The van der Waals surface area contributed by atoms with Crippen LogP contribution in [0.3, 0.4) is 0 Å². The van der Waals surface area contributed by atoms with Crippen LogP contribution in [0.4, 0.5) is 0 Å². The maximum atomic E-state index is 12.4. The summed E-state index contributed by atoms with van der Waals surface area (Å²) in [5, 5.41) is 0.714. The van der Waals surface area contributed by atoms with Gasteiger partial charge < -0.3 is 0 Å². The molecule has 21 heavy (non-hydrogen) atoms. The molecular weight excluding hydrogens is 311 g/mol. The van der Waals surface area contributed by atoms with Crippen LogP contribution in [0.15, 0.2) is 36.5 Å². The van der Waals surface area contributed by atoms with Gasteiger partial charge in [-0.15, -0.1) is 0 Å². The van der Waals surface area contributed by atoms with Gasteiger partial charge in [0.05, 0.1) is 15.6 Å². The number of nitrogens with zero attached hydrogens (tertiary/aromatic N) is 2. The molecule has 1 aliphatic rings. The second-order valence-electron chi connectivity index (χ2n) is 4.71. The number of carbonyl (C=O) groups excluding carboxylic acids is 2. The minimum Gasteiger partial charge on any atom is -0.295 e. The van der Waals surface area contributed by atoms with Gasteiger partial charge in [-0.1, -0.05) is 35.3 Å². The van der Waals surface area contributed by atoms with Gasteiger partial charge in [0, 0.05) is 11.8 Å². The molecule has 0 saturated heterocycles. The van der Waals surface area contributed by atoms with E-state index in [0.29, 0.717) is 21.9 Å². The second kappa shape index (κ2) is 4.16. The highest BCUT2D eigenvalue weighted by Gasteiger charge is 2.35. The zero-order valence-corrected chi connectivity index (χ0v) is 11.9. The van der Waals surface area contributed by atoms with Crippen LogP contribution < -0.4 is 0 Å². The number of Topliss-reactive ketones (excluding diaryl/α,β-unsaturated/α-hetero) is 2. The Hall–Kier alpha value is -2.17. The number of carbonyl (C=O) groups is 2. The zero-order chi connectivity index (χ0) is 14.7. The lowest BCUT2D eigenvalue weighted by molar-refractivity contribution is 0.0812. The molecule has 0 aliphatic heterocycles. The van der Waals surface area contributed by atoms with Crippen LogP contribution in [0.2, 0.25) is 10.0 Å². The van der Waals surface area contributed by atoms with E-state index in [4.69, 9.17) is 23.2 Å². The first-order valence-electron chi connectivity index (χ1n) is 6.13. The molecule has 0 fully saturated rings. The van der Waals surface area contributed by atoms with Gasteiger partial charge in [0.15, 0.2) is 0 Å². The first-order valence-corrected chi connectivity index (χ1v) is 6.89. The molecule has 2 heterocycles. The van der Waals surface area contributed by atoms with Gasteiger partial charge in [0.1, 0.15) is 17.0 Å². The first kappa shape index (κ1) is 12.6. The molecule has 102 valence electrons. The highest BCUT2D eigenvalue weighted by Crippen LogP contribution is 2.37. The number of halogens is 2. The van der Waals surface area contributed by atoms with Crippen molar-refractivity contribution in [1.82, 2.24) is 9.38 Å². The standard InChI is InChI=1S/C15H6Cl2N2O2/c16-7-4-5-10-18-12-8-2-1-3-9(17)11(8)14(20)15(21)13(12)19(10)6-7/h1-6H. The van der Waals surface area contributed by atoms with Gasteiger partial charge in [-0.3, -0.25) is 14.0 Å². The van der Waals surface area contributed by atoms with Crippen molar-refractivity contribution in [2.75, 3.05) is 0 Å². The molecule has 1 aliphatic carbocycles. The number of hydrogen-bond donors (Lipinski definition) is 0. The fraction of sp³-hybridized carbons (Fsp3) is 0. The van der Waals surface area contributed by atoms with Crippen molar-refractivity contribution in [3.05, 3.63) is 57.8 Å². The van der Waals surface area contributed by atoms with Crippen LogP contribution in [-0.4, -0.2) is 21.0 Å². The average molecular weight is 317 g/mol. The molecular formula is C15H6Cl2N2O2. The van der Waals surface area contributed by atoms with Gasteiger partial charge in [-0.2, -0.15) is 0 Å². The van der Waals surface area contributed by atoms with E-state index in [0.717, 1.165) is 0 Å². The third-order valence-electron chi connectivity index (χ3n) is 3.50. The van der Waals surface area contributed by atoms with Crippen LogP contribution in [0, 0.1) is 0 Å². The SMILES string of the molecule is O=C1C(=O)c2c(nc3ccc(Cl)cn23)-c2cccc(Cl)c21. The lowest BCUT2D eigenvalue weighted by Crippen LogP contribution is -2.22. The van der Waals surface area contributed by atoms with Gasteiger partial charge in [-0.25, -0.2) is 4.98 Å². The predicted molar refractivity (Wildman–Crippen MR) is 79.3 cm³/mol. The maximum Gasteiger partial charge on any atom is 0.252 e. The molecule has 6 heteroatoms. The monoisotopic (exact) mass is 316 g/mol. The Morgan fingerprint density at radius 2 is 1.81 bits per heavy atom. The largest absolute Gasteiger partial charge is 0.295 e. The number of benzene rings is 1. The summed E-state index contributed by atoms with van der Waals surface area (Å²) < 4.78 is 1.54. The summed E-state index contributed by atoms with van der Waals surface area (Å²) in [4.78, 5) is 29.2. The summed E-state index contributed by atoms with van der Waals surface area (Å²) in [5.74, 6) is -1.25. The number of imidazole rings is 1. The lowest BCUT2D eigenvalue weighted by atomic mass is 9.90. The van der Waals surface area contributed by atoms with Crippen LogP contribution in [0.5, 0.6) is 0 Å². The Balaban J connectivity index is 2.19. The molecule has 0 atom stereocenters. The van der Waals surface area contributed by atoms with E-state index in [1.807, 2.05) is 0 Å². The molecule has 3 aromatic rings. The summed E-state index contributed by atoms with van der Waals surface area (Å²) in [5.41, 5.74) is 2.03.